The van der Waals surface area contributed by atoms with E-state index in [0.29, 0.717) is 18.1 Å². The van der Waals surface area contributed by atoms with E-state index in [-0.39, 0.29) is 0 Å². The summed E-state index contributed by atoms with van der Waals surface area (Å²) in [6, 6.07) is 7.19. The Kier molecular flexibility index (Phi) is 3.57. The molecule has 0 aliphatic rings. The molecule has 0 aliphatic carbocycles. The molecule has 0 spiro atoms. The molecule has 0 aliphatic heterocycles. The van der Waals surface area contributed by atoms with Crippen LogP contribution in [0.5, 0.6) is 11.6 Å². The van der Waals surface area contributed by atoms with E-state index in [9.17, 15) is 4.79 Å². The summed E-state index contributed by atoms with van der Waals surface area (Å²) in [5, 5.41) is 0.836. The summed E-state index contributed by atoms with van der Waals surface area (Å²) in [5.74, 6) is 1.04. The summed E-state index contributed by atoms with van der Waals surface area (Å²) in [6.45, 7) is 3.87. The molecule has 0 saturated heterocycles. The van der Waals surface area contributed by atoms with Crippen molar-refractivity contribution in [3.8, 4) is 11.6 Å². The van der Waals surface area contributed by atoms with Gasteiger partial charge in [-0.3, -0.25) is 4.79 Å². The van der Waals surface area contributed by atoms with E-state index >= 15 is 0 Å². The Morgan fingerprint density at radius 3 is 2.89 bits per heavy atom. The molecule has 0 bridgehead atoms. The van der Waals surface area contributed by atoms with Gasteiger partial charge in [-0.05, 0) is 24.3 Å². The normalized spacial score (nSPS) is 10.1. The fourth-order valence-electron chi connectivity index (χ4n) is 1.62. The SMILES string of the molecule is C=CCOc1nc2ccc(OC)cc2cc1C=O. The molecule has 1 aromatic carbocycles. The van der Waals surface area contributed by atoms with E-state index in [2.05, 4.69) is 11.6 Å². The van der Waals surface area contributed by atoms with E-state index in [1.165, 1.54) is 0 Å². The zero-order chi connectivity index (χ0) is 13.0. The second-order valence-electron chi connectivity index (χ2n) is 3.66. The zero-order valence-corrected chi connectivity index (χ0v) is 10.1. The lowest BCUT2D eigenvalue weighted by Gasteiger charge is -2.08. The maximum atomic E-state index is 11.0. The Hall–Kier alpha value is -2.36. The highest BCUT2D eigenvalue weighted by Crippen LogP contribution is 2.24. The molecule has 0 amide bonds. The second-order valence-corrected chi connectivity index (χ2v) is 3.66. The zero-order valence-electron chi connectivity index (χ0n) is 10.1. The minimum Gasteiger partial charge on any atom is -0.497 e. The number of hydrogen-bond donors (Lipinski definition) is 0. The smallest absolute Gasteiger partial charge is 0.225 e. The van der Waals surface area contributed by atoms with E-state index < -0.39 is 0 Å². The summed E-state index contributed by atoms with van der Waals surface area (Å²) in [5.41, 5.74) is 1.16. The van der Waals surface area contributed by atoms with Crippen LogP contribution < -0.4 is 9.47 Å². The number of aldehydes is 1. The van der Waals surface area contributed by atoms with E-state index in [4.69, 9.17) is 9.47 Å². The summed E-state index contributed by atoms with van der Waals surface area (Å²) >= 11 is 0. The molecule has 2 rings (SSSR count). The molecule has 4 heteroatoms. The molecule has 0 saturated carbocycles. The molecule has 2 aromatic rings. The van der Waals surface area contributed by atoms with Crippen LogP contribution in [0.4, 0.5) is 0 Å². The lowest BCUT2D eigenvalue weighted by atomic mass is 10.1. The van der Waals surface area contributed by atoms with E-state index in [1.807, 2.05) is 18.2 Å². The monoisotopic (exact) mass is 243 g/mol. The highest BCUT2D eigenvalue weighted by Gasteiger charge is 2.08. The number of methoxy groups -OCH3 is 1. The maximum Gasteiger partial charge on any atom is 0.225 e. The standard InChI is InChI=1S/C14H13NO3/c1-3-6-18-14-11(9-16)7-10-8-12(17-2)4-5-13(10)15-14/h3-5,7-9H,1,6H2,2H3. The van der Waals surface area contributed by atoms with Crippen molar-refractivity contribution in [2.75, 3.05) is 13.7 Å². The molecule has 0 radical (unpaired) electrons. The van der Waals surface area contributed by atoms with Crippen molar-refractivity contribution < 1.29 is 14.3 Å². The predicted octanol–water partition coefficient (Wildman–Crippen LogP) is 2.62. The van der Waals surface area contributed by atoms with Gasteiger partial charge in [-0.25, -0.2) is 4.98 Å². The van der Waals surface area contributed by atoms with Crippen LogP contribution in [0.2, 0.25) is 0 Å². The number of hydrogen-bond acceptors (Lipinski definition) is 4. The molecule has 0 atom stereocenters. The van der Waals surface area contributed by atoms with Crippen molar-refractivity contribution in [2.45, 2.75) is 0 Å². The fourth-order valence-corrected chi connectivity index (χ4v) is 1.62. The number of pyridine rings is 1. The van der Waals surface area contributed by atoms with Crippen LogP contribution in [0.25, 0.3) is 10.9 Å². The van der Waals surface area contributed by atoms with Crippen molar-refractivity contribution >= 4 is 17.2 Å². The topological polar surface area (TPSA) is 48.4 Å². The first-order valence-electron chi connectivity index (χ1n) is 5.46. The molecule has 0 fully saturated rings. The highest BCUT2D eigenvalue weighted by molar-refractivity contribution is 5.89. The number of rotatable bonds is 5. The second kappa shape index (κ2) is 5.31. The Morgan fingerprint density at radius 1 is 1.39 bits per heavy atom. The van der Waals surface area contributed by atoms with Gasteiger partial charge in [-0.15, -0.1) is 0 Å². The van der Waals surface area contributed by atoms with Crippen molar-refractivity contribution in [1.82, 2.24) is 4.98 Å². The van der Waals surface area contributed by atoms with E-state index in [1.54, 1.807) is 19.3 Å². The number of carbonyl (C=O) groups is 1. The number of fused-ring (bicyclic) bond motifs is 1. The average Bonchev–Trinajstić information content (AvgIpc) is 2.43. The maximum absolute atomic E-state index is 11.0. The number of carbonyl (C=O) groups excluding carboxylic acids is 1. The molecule has 1 aromatic heterocycles. The highest BCUT2D eigenvalue weighted by atomic mass is 16.5. The van der Waals surface area contributed by atoms with E-state index in [0.717, 1.165) is 22.9 Å². The van der Waals surface area contributed by atoms with Gasteiger partial charge in [-0.1, -0.05) is 12.7 Å². The van der Waals surface area contributed by atoms with Gasteiger partial charge in [0.2, 0.25) is 5.88 Å². The number of ether oxygens (including phenoxy) is 2. The van der Waals surface area contributed by atoms with Crippen LogP contribution in [0.3, 0.4) is 0 Å². The summed E-state index contributed by atoms with van der Waals surface area (Å²) < 4.78 is 10.5. The predicted molar refractivity (Wildman–Crippen MR) is 69.4 cm³/mol. The van der Waals surface area contributed by atoms with Gasteiger partial charge in [0.05, 0.1) is 18.2 Å². The van der Waals surface area contributed by atoms with Crippen LogP contribution in [0.1, 0.15) is 10.4 Å². The van der Waals surface area contributed by atoms with Gasteiger partial charge in [0.1, 0.15) is 12.4 Å². The summed E-state index contributed by atoms with van der Waals surface area (Å²) in [7, 11) is 1.59. The third-order valence-electron chi connectivity index (χ3n) is 2.48. The van der Waals surface area contributed by atoms with Crippen molar-refractivity contribution in [3.63, 3.8) is 0 Å². The average molecular weight is 243 g/mol. The van der Waals surface area contributed by atoms with Crippen LogP contribution in [0, 0.1) is 0 Å². The lowest BCUT2D eigenvalue weighted by Crippen LogP contribution is -2.00. The minimum atomic E-state index is 0.315. The third-order valence-corrected chi connectivity index (χ3v) is 2.48. The molecular weight excluding hydrogens is 230 g/mol. The number of aromatic nitrogens is 1. The molecule has 0 N–H and O–H groups in total. The Morgan fingerprint density at radius 2 is 2.22 bits per heavy atom. The van der Waals surface area contributed by atoms with Crippen molar-refractivity contribution in [3.05, 3.63) is 42.5 Å². The van der Waals surface area contributed by atoms with Gasteiger partial charge in [0.25, 0.3) is 0 Å². The first-order valence-corrected chi connectivity index (χ1v) is 5.46. The largest absolute Gasteiger partial charge is 0.497 e. The van der Waals surface area contributed by atoms with Gasteiger partial charge in [0, 0.05) is 5.39 Å². The molecule has 92 valence electrons. The quantitative estimate of drug-likeness (QED) is 0.598. The summed E-state index contributed by atoms with van der Waals surface area (Å²) in [4.78, 5) is 15.3. The number of benzene rings is 1. The van der Waals surface area contributed by atoms with Crippen LogP contribution in [0.15, 0.2) is 36.9 Å². The third kappa shape index (κ3) is 2.32. The fraction of sp³-hybridized carbons (Fsp3) is 0.143. The molecule has 1 heterocycles. The molecular formula is C14H13NO3. The number of nitrogens with zero attached hydrogens (tertiary/aromatic N) is 1. The van der Waals surface area contributed by atoms with Crippen LogP contribution in [-0.4, -0.2) is 25.0 Å². The Balaban J connectivity index is 2.53. The van der Waals surface area contributed by atoms with Crippen LogP contribution >= 0.6 is 0 Å². The lowest BCUT2D eigenvalue weighted by molar-refractivity contribution is 0.111. The van der Waals surface area contributed by atoms with Gasteiger partial charge < -0.3 is 9.47 Å². The Bertz CT molecular complexity index is 593. The first-order chi connectivity index (χ1) is 8.78. The first kappa shape index (κ1) is 12.1. The van der Waals surface area contributed by atoms with Crippen molar-refractivity contribution in [2.24, 2.45) is 0 Å². The molecule has 0 unspecified atom stereocenters. The molecule has 18 heavy (non-hydrogen) atoms. The Labute approximate surface area is 105 Å². The minimum absolute atomic E-state index is 0.315. The van der Waals surface area contributed by atoms with Crippen LogP contribution in [-0.2, 0) is 0 Å². The van der Waals surface area contributed by atoms with Gasteiger partial charge in [0.15, 0.2) is 6.29 Å². The van der Waals surface area contributed by atoms with Gasteiger partial charge in [-0.2, -0.15) is 0 Å². The molecule has 4 nitrogen and oxygen atoms in total. The van der Waals surface area contributed by atoms with Crippen molar-refractivity contribution in [1.29, 1.82) is 0 Å². The summed E-state index contributed by atoms with van der Waals surface area (Å²) in [6.07, 6.45) is 2.33. The van der Waals surface area contributed by atoms with Gasteiger partial charge >= 0.3 is 0 Å².